The molecule has 1 aromatic carbocycles. The van der Waals surface area contributed by atoms with E-state index in [1.54, 1.807) is 24.0 Å². The van der Waals surface area contributed by atoms with Crippen LogP contribution >= 0.6 is 0 Å². The average molecular weight is 494 g/mol. The van der Waals surface area contributed by atoms with Gasteiger partial charge in [0.15, 0.2) is 5.82 Å². The van der Waals surface area contributed by atoms with E-state index in [2.05, 4.69) is 40.4 Å². The van der Waals surface area contributed by atoms with Crippen molar-refractivity contribution < 1.29 is 13.7 Å². The third kappa shape index (κ3) is 3.94. The maximum atomic E-state index is 14.1. The van der Waals surface area contributed by atoms with E-state index in [-0.39, 0.29) is 22.9 Å². The number of piperidine rings is 1. The zero-order valence-corrected chi connectivity index (χ0v) is 21.5. The lowest BCUT2D eigenvalue weighted by Crippen LogP contribution is -2.38. The number of amides is 1. The normalized spacial score (nSPS) is 30.0. The van der Waals surface area contributed by atoms with Crippen LogP contribution in [0.5, 0.6) is 0 Å². The lowest BCUT2D eigenvalue weighted by molar-refractivity contribution is 0.0921. The zero-order valence-electron chi connectivity index (χ0n) is 21.5. The summed E-state index contributed by atoms with van der Waals surface area (Å²) in [6.45, 7) is 7.88. The number of rotatable bonds is 7. The number of likely N-dealkylation sites (tertiary alicyclic amines) is 1. The molecular formula is C28H36FN5O2. The summed E-state index contributed by atoms with van der Waals surface area (Å²) in [6, 6.07) is 5.26. The van der Waals surface area contributed by atoms with Crippen molar-refractivity contribution in [1.82, 2.24) is 25.2 Å². The molecule has 1 saturated heterocycles. The van der Waals surface area contributed by atoms with E-state index in [1.165, 1.54) is 24.7 Å². The quantitative estimate of drug-likeness (QED) is 0.526. The summed E-state index contributed by atoms with van der Waals surface area (Å²) >= 11 is 0. The fourth-order valence-electron chi connectivity index (χ4n) is 7.00. The van der Waals surface area contributed by atoms with Gasteiger partial charge in [0, 0.05) is 55.7 Å². The van der Waals surface area contributed by atoms with Crippen molar-refractivity contribution in [3.05, 3.63) is 47.2 Å². The van der Waals surface area contributed by atoms with Gasteiger partial charge in [0.2, 0.25) is 0 Å². The summed E-state index contributed by atoms with van der Waals surface area (Å²) in [5.41, 5.74) is 2.12. The van der Waals surface area contributed by atoms with Crippen LogP contribution in [0.3, 0.4) is 0 Å². The number of nitrogens with zero attached hydrogens (tertiary/aromatic N) is 4. The van der Waals surface area contributed by atoms with Crippen LogP contribution in [0.4, 0.5) is 4.39 Å². The standard InChI is InChI=1S/C28H36FN5O2/c1-4-20-13-25(32-36-20)28-16-34(15-23(28)17(28)2)12-11-18-5-7-19(8-6-18)30-27(35)21-9-10-24(29)26-22(21)14-33(3)31-26/h9-10,13-14,17-19,23H,4-8,11-12,15-16H2,1-3H3,(H,30,35)/t17?,18?,19?,23-,28-/m1/s1. The molecule has 0 spiro atoms. The highest BCUT2D eigenvalue weighted by Crippen LogP contribution is 2.63. The molecule has 36 heavy (non-hydrogen) atoms. The molecule has 0 bridgehead atoms. The molecule has 0 radical (unpaired) electrons. The number of hydrogen-bond acceptors (Lipinski definition) is 5. The molecule has 1 amide bonds. The number of carbonyl (C=O) groups excluding carboxylic acids is 1. The van der Waals surface area contributed by atoms with E-state index in [0.717, 1.165) is 51.0 Å². The molecule has 3 fully saturated rings. The van der Waals surface area contributed by atoms with Crippen molar-refractivity contribution in [3.8, 4) is 0 Å². The lowest BCUT2D eigenvalue weighted by atomic mass is 9.84. The first-order valence-electron chi connectivity index (χ1n) is 13.5. The number of aromatic nitrogens is 3. The molecule has 1 N–H and O–H groups in total. The van der Waals surface area contributed by atoms with Crippen LogP contribution in [0.2, 0.25) is 0 Å². The Bertz CT molecular complexity index is 1280. The predicted octanol–water partition coefficient (Wildman–Crippen LogP) is 4.46. The highest BCUT2D eigenvalue weighted by molar-refractivity contribution is 6.06. The maximum absolute atomic E-state index is 14.1. The van der Waals surface area contributed by atoms with Crippen LogP contribution in [-0.4, -0.2) is 51.4 Å². The molecule has 3 heterocycles. The Morgan fingerprint density at radius 2 is 2.08 bits per heavy atom. The fourth-order valence-corrected chi connectivity index (χ4v) is 7.00. The molecule has 3 atom stereocenters. The largest absolute Gasteiger partial charge is 0.361 e. The van der Waals surface area contributed by atoms with Gasteiger partial charge in [-0.05, 0) is 68.5 Å². The molecule has 1 aliphatic heterocycles. The predicted molar refractivity (Wildman–Crippen MR) is 135 cm³/mol. The van der Waals surface area contributed by atoms with Gasteiger partial charge in [-0.2, -0.15) is 5.10 Å². The lowest BCUT2D eigenvalue weighted by Gasteiger charge is -2.31. The van der Waals surface area contributed by atoms with Gasteiger partial charge in [-0.25, -0.2) is 4.39 Å². The summed E-state index contributed by atoms with van der Waals surface area (Å²) in [6.07, 6.45) is 8.09. The number of hydrogen-bond donors (Lipinski definition) is 1. The van der Waals surface area contributed by atoms with Gasteiger partial charge in [-0.15, -0.1) is 0 Å². The van der Waals surface area contributed by atoms with Crippen LogP contribution in [0.15, 0.2) is 28.9 Å². The van der Waals surface area contributed by atoms with E-state index >= 15 is 0 Å². The van der Waals surface area contributed by atoms with Gasteiger partial charge in [0.1, 0.15) is 11.3 Å². The van der Waals surface area contributed by atoms with E-state index in [1.807, 2.05) is 0 Å². The summed E-state index contributed by atoms with van der Waals surface area (Å²) in [7, 11) is 1.74. The van der Waals surface area contributed by atoms with Gasteiger partial charge in [0.05, 0.1) is 11.3 Å². The number of halogens is 1. The molecule has 6 rings (SSSR count). The van der Waals surface area contributed by atoms with Gasteiger partial charge in [0.25, 0.3) is 5.91 Å². The third-order valence-electron chi connectivity index (χ3n) is 9.31. The minimum Gasteiger partial charge on any atom is -0.361 e. The van der Waals surface area contributed by atoms with Crippen LogP contribution in [0.25, 0.3) is 10.9 Å². The summed E-state index contributed by atoms with van der Waals surface area (Å²) in [5.74, 6) is 2.56. The average Bonchev–Trinajstić information content (AvgIpc) is 3.39. The van der Waals surface area contributed by atoms with Crippen molar-refractivity contribution in [3.63, 3.8) is 0 Å². The monoisotopic (exact) mass is 493 g/mol. The first kappa shape index (κ1) is 23.6. The van der Waals surface area contributed by atoms with E-state index < -0.39 is 5.82 Å². The summed E-state index contributed by atoms with van der Waals surface area (Å²) in [5, 5.41) is 12.3. The molecule has 3 aliphatic rings. The van der Waals surface area contributed by atoms with E-state index in [4.69, 9.17) is 4.52 Å². The molecule has 192 valence electrons. The number of fused-ring (bicyclic) bond motifs is 2. The van der Waals surface area contributed by atoms with Crippen molar-refractivity contribution in [2.75, 3.05) is 19.6 Å². The van der Waals surface area contributed by atoms with Gasteiger partial charge in [-0.3, -0.25) is 9.48 Å². The van der Waals surface area contributed by atoms with Crippen LogP contribution in [-0.2, 0) is 18.9 Å². The van der Waals surface area contributed by atoms with Crippen molar-refractivity contribution in [2.24, 2.45) is 24.8 Å². The Kier molecular flexibility index (Phi) is 5.90. The second-order valence-electron chi connectivity index (χ2n) is 11.3. The van der Waals surface area contributed by atoms with E-state index in [9.17, 15) is 9.18 Å². The van der Waals surface area contributed by atoms with Crippen molar-refractivity contribution in [1.29, 1.82) is 0 Å². The second-order valence-corrected chi connectivity index (χ2v) is 11.3. The Hall–Kier alpha value is -2.74. The van der Waals surface area contributed by atoms with Crippen LogP contribution < -0.4 is 5.32 Å². The highest BCUT2D eigenvalue weighted by atomic mass is 19.1. The molecular weight excluding hydrogens is 457 g/mol. The van der Waals surface area contributed by atoms with E-state index in [0.29, 0.717) is 28.7 Å². The Balaban J connectivity index is 0.989. The summed E-state index contributed by atoms with van der Waals surface area (Å²) < 4.78 is 21.2. The SMILES string of the molecule is CCc1cc([C@@]23CN(CCC4CCC(NC(=O)c5ccc(F)c6nn(C)cc56)CC4)C[C@@H]2C3C)no1. The first-order valence-corrected chi connectivity index (χ1v) is 13.5. The Morgan fingerprint density at radius 3 is 2.83 bits per heavy atom. The minimum absolute atomic E-state index is 0.133. The zero-order chi connectivity index (χ0) is 25.0. The van der Waals surface area contributed by atoms with Crippen LogP contribution in [0, 0.1) is 23.6 Å². The minimum atomic E-state index is -0.398. The molecule has 2 aliphatic carbocycles. The number of carbonyl (C=O) groups is 1. The molecule has 8 heteroatoms. The van der Waals surface area contributed by atoms with Gasteiger partial charge < -0.3 is 14.7 Å². The fraction of sp³-hybridized carbons (Fsp3) is 0.607. The van der Waals surface area contributed by atoms with Crippen LogP contribution in [0.1, 0.15) is 67.8 Å². The molecule has 3 aromatic rings. The topological polar surface area (TPSA) is 76.2 Å². The summed E-state index contributed by atoms with van der Waals surface area (Å²) in [4.78, 5) is 15.6. The second kappa shape index (κ2) is 8.98. The Morgan fingerprint density at radius 1 is 1.28 bits per heavy atom. The molecule has 1 unspecified atom stereocenters. The number of nitrogens with one attached hydrogen (secondary N) is 1. The highest BCUT2D eigenvalue weighted by Gasteiger charge is 2.68. The third-order valence-corrected chi connectivity index (χ3v) is 9.31. The van der Waals surface area contributed by atoms with Gasteiger partial charge in [-0.1, -0.05) is 19.0 Å². The molecule has 2 saturated carbocycles. The number of aryl methyl sites for hydroxylation is 2. The molecule has 2 aromatic heterocycles. The molecule has 7 nitrogen and oxygen atoms in total. The Labute approximate surface area is 211 Å². The first-order chi connectivity index (χ1) is 17.4. The maximum Gasteiger partial charge on any atom is 0.252 e. The smallest absolute Gasteiger partial charge is 0.252 e. The van der Waals surface area contributed by atoms with Crippen molar-refractivity contribution in [2.45, 2.75) is 63.8 Å². The number of benzene rings is 1. The van der Waals surface area contributed by atoms with Crippen molar-refractivity contribution >= 4 is 16.8 Å². The van der Waals surface area contributed by atoms with Gasteiger partial charge >= 0.3 is 0 Å².